The number of aromatic nitrogens is 1. The second kappa shape index (κ2) is 7.40. The molecule has 28 heavy (non-hydrogen) atoms. The Labute approximate surface area is 169 Å². The Morgan fingerprint density at radius 1 is 1.25 bits per heavy atom. The van der Waals surface area contributed by atoms with Crippen molar-refractivity contribution in [2.45, 2.75) is 32.5 Å². The molecule has 4 rings (SSSR count). The predicted octanol–water partition coefficient (Wildman–Crippen LogP) is 4.46. The van der Waals surface area contributed by atoms with E-state index in [0.29, 0.717) is 23.8 Å². The van der Waals surface area contributed by atoms with Crippen LogP contribution < -0.4 is 15.0 Å². The first-order chi connectivity index (χ1) is 13.5. The number of anilines is 1. The Hall–Kier alpha value is -2.66. The summed E-state index contributed by atoms with van der Waals surface area (Å²) in [6.45, 7) is 3.21. The molecule has 6 heteroatoms. The molecule has 1 aliphatic heterocycles. The van der Waals surface area contributed by atoms with E-state index < -0.39 is 0 Å². The second-order valence-corrected chi connectivity index (χ2v) is 7.75. The lowest BCUT2D eigenvalue weighted by Gasteiger charge is -2.26. The summed E-state index contributed by atoms with van der Waals surface area (Å²) in [5, 5.41) is 4.52. The Morgan fingerprint density at radius 3 is 2.68 bits per heavy atom. The molecule has 0 spiro atoms. The quantitative estimate of drug-likeness (QED) is 0.691. The summed E-state index contributed by atoms with van der Waals surface area (Å²) in [5.74, 6) is 0.683. The van der Waals surface area contributed by atoms with Crippen LogP contribution in [0.1, 0.15) is 29.4 Å². The van der Waals surface area contributed by atoms with Gasteiger partial charge in [-0.2, -0.15) is 0 Å². The van der Waals surface area contributed by atoms with Crippen LogP contribution in [0.2, 0.25) is 5.02 Å². The molecule has 1 atom stereocenters. The molecule has 0 aliphatic carbocycles. The zero-order valence-electron chi connectivity index (χ0n) is 16.3. The highest BCUT2D eigenvalue weighted by molar-refractivity contribution is 6.36. The lowest BCUT2D eigenvalue weighted by molar-refractivity contribution is 0.0935. The van der Waals surface area contributed by atoms with Crippen LogP contribution in [0.5, 0.6) is 5.75 Å². The summed E-state index contributed by atoms with van der Waals surface area (Å²) in [6, 6.07) is 13.7. The van der Waals surface area contributed by atoms with Gasteiger partial charge in [-0.1, -0.05) is 30.7 Å². The average molecular weight is 398 g/mol. The number of nitrogens with zero attached hydrogens (tertiary/aromatic N) is 2. The Balaban J connectivity index is 1.60. The van der Waals surface area contributed by atoms with Crippen molar-refractivity contribution in [3.63, 3.8) is 0 Å². The zero-order valence-corrected chi connectivity index (χ0v) is 17.1. The number of benzene rings is 2. The second-order valence-electron chi connectivity index (χ2n) is 7.34. The molecule has 146 valence electrons. The maximum Gasteiger partial charge on any atom is 0.268 e. The van der Waals surface area contributed by atoms with Crippen molar-refractivity contribution in [3.05, 3.63) is 58.7 Å². The molecule has 1 N–H and O–H groups in total. The molecule has 2 aromatic carbocycles. The fourth-order valence-electron chi connectivity index (χ4n) is 3.60. The highest BCUT2D eigenvalue weighted by Gasteiger charge is 2.26. The highest BCUT2D eigenvalue weighted by Crippen LogP contribution is 2.38. The van der Waals surface area contributed by atoms with E-state index in [1.165, 1.54) is 0 Å². The summed E-state index contributed by atoms with van der Waals surface area (Å²) in [7, 11) is 4.01. The van der Waals surface area contributed by atoms with Crippen molar-refractivity contribution in [1.82, 2.24) is 9.88 Å². The van der Waals surface area contributed by atoms with Crippen LogP contribution in [0, 0.1) is 0 Å². The standard InChI is InChI=1S/C22H24ClN3O2/c1-4-16-13-26-19(11-17-18(23)9-10-20(28-16)21(17)26)22(27)24-12-14-5-7-15(8-6-14)25(2)3/h5-11,16H,4,12-13H2,1-3H3,(H,24,27)/t16-/m0/s1. The Kier molecular flexibility index (Phi) is 4.94. The fourth-order valence-corrected chi connectivity index (χ4v) is 3.81. The number of ether oxygens (including phenoxy) is 1. The molecular weight excluding hydrogens is 374 g/mol. The van der Waals surface area contributed by atoms with E-state index in [9.17, 15) is 4.79 Å². The van der Waals surface area contributed by atoms with Crippen LogP contribution >= 0.6 is 11.6 Å². The monoisotopic (exact) mass is 397 g/mol. The van der Waals surface area contributed by atoms with Gasteiger partial charge < -0.3 is 19.5 Å². The van der Waals surface area contributed by atoms with E-state index in [1.54, 1.807) is 0 Å². The number of hydrogen-bond donors (Lipinski definition) is 1. The van der Waals surface area contributed by atoms with Gasteiger partial charge in [-0.05, 0) is 42.3 Å². The molecule has 0 fully saturated rings. The number of halogens is 1. The molecule has 1 aliphatic rings. The minimum Gasteiger partial charge on any atom is -0.486 e. The van der Waals surface area contributed by atoms with Gasteiger partial charge >= 0.3 is 0 Å². The SMILES string of the molecule is CC[C@H]1Cn2c(C(=O)NCc3ccc(N(C)C)cc3)cc3c(Cl)ccc(c32)O1. The van der Waals surface area contributed by atoms with Gasteiger partial charge in [-0.3, -0.25) is 4.79 Å². The van der Waals surface area contributed by atoms with Gasteiger partial charge in [0.15, 0.2) is 0 Å². The molecule has 2 heterocycles. The van der Waals surface area contributed by atoms with Crippen molar-refractivity contribution in [1.29, 1.82) is 0 Å². The van der Waals surface area contributed by atoms with Gasteiger partial charge in [0.25, 0.3) is 5.91 Å². The number of carbonyl (C=O) groups is 1. The minimum atomic E-state index is -0.105. The molecular formula is C22H24ClN3O2. The summed E-state index contributed by atoms with van der Waals surface area (Å²) < 4.78 is 8.09. The largest absolute Gasteiger partial charge is 0.486 e. The Morgan fingerprint density at radius 2 is 2.00 bits per heavy atom. The van der Waals surface area contributed by atoms with Crippen molar-refractivity contribution < 1.29 is 9.53 Å². The number of hydrogen-bond acceptors (Lipinski definition) is 3. The molecule has 1 amide bonds. The van der Waals surface area contributed by atoms with E-state index in [2.05, 4.69) is 12.2 Å². The Bertz CT molecular complexity index is 1020. The maximum absolute atomic E-state index is 13.0. The molecule has 5 nitrogen and oxygen atoms in total. The van der Waals surface area contributed by atoms with Gasteiger partial charge in [0.05, 0.1) is 17.1 Å². The van der Waals surface area contributed by atoms with Crippen LogP contribution in [-0.4, -0.2) is 30.7 Å². The van der Waals surface area contributed by atoms with Gasteiger partial charge in [0.1, 0.15) is 17.5 Å². The summed E-state index contributed by atoms with van der Waals surface area (Å²) in [5.41, 5.74) is 3.71. The maximum atomic E-state index is 13.0. The van der Waals surface area contributed by atoms with Crippen LogP contribution in [0.25, 0.3) is 10.9 Å². The van der Waals surface area contributed by atoms with Crippen LogP contribution in [0.15, 0.2) is 42.5 Å². The lowest BCUT2D eigenvalue weighted by atomic mass is 10.2. The van der Waals surface area contributed by atoms with Gasteiger partial charge in [0.2, 0.25) is 0 Å². The summed E-state index contributed by atoms with van der Waals surface area (Å²) >= 11 is 6.38. The summed E-state index contributed by atoms with van der Waals surface area (Å²) in [6.07, 6.45) is 0.926. The first kappa shape index (κ1) is 18.7. The zero-order chi connectivity index (χ0) is 19.8. The van der Waals surface area contributed by atoms with E-state index in [0.717, 1.165) is 34.3 Å². The number of rotatable bonds is 5. The van der Waals surface area contributed by atoms with Crippen molar-refractivity contribution in [2.24, 2.45) is 0 Å². The van der Waals surface area contributed by atoms with E-state index in [4.69, 9.17) is 16.3 Å². The van der Waals surface area contributed by atoms with Gasteiger partial charge in [-0.25, -0.2) is 0 Å². The molecule has 0 unspecified atom stereocenters. The van der Waals surface area contributed by atoms with Crippen molar-refractivity contribution in [2.75, 3.05) is 19.0 Å². The van der Waals surface area contributed by atoms with Crippen LogP contribution in [-0.2, 0) is 13.1 Å². The molecule has 1 aromatic heterocycles. The third-order valence-corrected chi connectivity index (χ3v) is 5.57. The molecule has 0 bridgehead atoms. The fraction of sp³-hybridized carbons (Fsp3) is 0.318. The number of carbonyl (C=O) groups excluding carboxylic acids is 1. The van der Waals surface area contributed by atoms with Gasteiger partial charge in [-0.15, -0.1) is 0 Å². The number of nitrogens with one attached hydrogen (secondary N) is 1. The first-order valence-electron chi connectivity index (χ1n) is 9.50. The molecule has 0 saturated heterocycles. The summed E-state index contributed by atoms with van der Waals surface area (Å²) in [4.78, 5) is 15.0. The minimum absolute atomic E-state index is 0.0504. The number of amides is 1. The third kappa shape index (κ3) is 3.31. The van der Waals surface area contributed by atoms with Crippen molar-refractivity contribution >= 4 is 34.1 Å². The van der Waals surface area contributed by atoms with E-state index in [1.807, 2.05) is 66.0 Å². The third-order valence-electron chi connectivity index (χ3n) is 5.24. The average Bonchev–Trinajstić information content (AvgIpc) is 3.10. The topological polar surface area (TPSA) is 46.5 Å². The molecule has 0 radical (unpaired) electrons. The van der Waals surface area contributed by atoms with Gasteiger partial charge in [0, 0.05) is 31.7 Å². The lowest BCUT2D eigenvalue weighted by Crippen LogP contribution is -2.31. The van der Waals surface area contributed by atoms with E-state index >= 15 is 0 Å². The van der Waals surface area contributed by atoms with Crippen LogP contribution in [0.4, 0.5) is 5.69 Å². The molecule has 3 aromatic rings. The van der Waals surface area contributed by atoms with Crippen molar-refractivity contribution in [3.8, 4) is 5.75 Å². The predicted molar refractivity (Wildman–Crippen MR) is 114 cm³/mol. The molecule has 0 saturated carbocycles. The van der Waals surface area contributed by atoms with E-state index in [-0.39, 0.29) is 12.0 Å². The van der Waals surface area contributed by atoms with Crippen LogP contribution in [0.3, 0.4) is 0 Å². The highest BCUT2D eigenvalue weighted by atomic mass is 35.5. The first-order valence-corrected chi connectivity index (χ1v) is 9.88. The normalized spacial score (nSPS) is 15.4. The smallest absolute Gasteiger partial charge is 0.268 e.